The molecule has 16 heavy (non-hydrogen) atoms. The molecule has 1 unspecified atom stereocenters. The maximum absolute atomic E-state index is 5.71. The molecule has 1 N–H and O–H groups in total. The molecule has 0 spiro atoms. The van der Waals surface area contributed by atoms with E-state index >= 15 is 0 Å². The minimum Gasteiger partial charge on any atom is -0.380 e. The Kier molecular flexibility index (Phi) is 7.81. The molecule has 1 rings (SSSR count). The van der Waals surface area contributed by atoms with E-state index in [1.54, 1.807) is 0 Å². The minimum absolute atomic E-state index is 0.626. The number of piperidine rings is 1. The van der Waals surface area contributed by atoms with Crippen molar-refractivity contribution in [2.75, 3.05) is 45.9 Å². The van der Waals surface area contributed by atoms with Crippen LogP contribution in [0.3, 0.4) is 0 Å². The average Bonchev–Trinajstić information content (AvgIpc) is 2.33. The fourth-order valence-electron chi connectivity index (χ4n) is 2.11. The Balaban J connectivity index is 1.90. The largest absolute Gasteiger partial charge is 0.380 e. The highest BCUT2D eigenvalue weighted by molar-refractivity contribution is 4.64. The van der Waals surface area contributed by atoms with Crippen molar-refractivity contribution in [3.05, 3.63) is 0 Å². The highest BCUT2D eigenvalue weighted by atomic mass is 16.5. The van der Waals surface area contributed by atoms with Crippen molar-refractivity contribution < 1.29 is 4.74 Å². The molecule has 1 fully saturated rings. The van der Waals surface area contributed by atoms with Crippen LogP contribution in [0.15, 0.2) is 0 Å². The Morgan fingerprint density at radius 3 is 2.69 bits per heavy atom. The lowest BCUT2D eigenvalue weighted by molar-refractivity contribution is 0.0764. The molecule has 0 radical (unpaired) electrons. The molecule has 1 aliphatic heterocycles. The van der Waals surface area contributed by atoms with Crippen molar-refractivity contribution >= 4 is 0 Å². The maximum Gasteiger partial charge on any atom is 0.0593 e. The number of rotatable bonds is 8. The van der Waals surface area contributed by atoms with Crippen LogP contribution in [0.4, 0.5) is 0 Å². The molecular weight excluding hydrogens is 200 g/mol. The molecule has 0 aromatic heterocycles. The van der Waals surface area contributed by atoms with Crippen molar-refractivity contribution in [2.24, 2.45) is 5.92 Å². The maximum atomic E-state index is 5.71. The van der Waals surface area contributed by atoms with E-state index in [-0.39, 0.29) is 0 Å². The molecule has 3 nitrogen and oxygen atoms in total. The van der Waals surface area contributed by atoms with E-state index in [4.69, 9.17) is 4.74 Å². The van der Waals surface area contributed by atoms with Crippen LogP contribution in [0.25, 0.3) is 0 Å². The summed E-state index contributed by atoms with van der Waals surface area (Å²) in [5.74, 6) is 0.626. The summed E-state index contributed by atoms with van der Waals surface area (Å²) in [5, 5.41) is 3.35. The van der Waals surface area contributed by atoms with Crippen LogP contribution in [-0.2, 0) is 4.74 Å². The second-order valence-electron chi connectivity index (χ2n) is 4.89. The molecule has 0 aromatic carbocycles. The van der Waals surface area contributed by atoms with Crippen LogP contribution in [0.5, 0.6) is 0 Å². The van der Waals surface area contributed by atoms with E-state index in [2.05, 4.69) is 24.1 Å². The first-order valence-electron chi connectivity index (χ1n) is 6.83. The monoisotopic (exact) mass is 228 g/mol. The number of likely N-dealkylation sites (tertiary alicyclic amines) is 1. The van der Waals surface area contributed by atoms with Gasteiger partial charge < -0.3 is 15.0 Å². The van der Waals surface area contributed by atoms with Gasteiger partial charge in [0.1, 0.15) is 0 Å². The second kappa shape index (κ2) is 8.97. The Hall–Kier alpha value is -0.120. The van der Waals surface area contributed by atoms with E-state index in [9.17, 15) is 0 Å². The van der Waals surface area contributed by atoms with Gasteiger partial charge in [-0.15, -0.1) is 0 Å². The number of nitrogens with one attached hydrogen (secondary N) is 1. The Morgan fingerprint density at radius 2 is 2.00 bits per heavy atom. The van der Waals surface area contributed by atoms with Crippen LogP contribution < -0.4 is 5.32 Å². The molecule has 3 heteroatoms. The fraction of sp³-hybridized carbons (Fsp3) is 1.00. The molecule has 0 amide bonds. The highest BCUT2D eigenvalue weighted by Gasteiger charge is 2.09. The van der Waals surface area contributed by atoms with Gasteiger partial charge in [-0.25, -0.2) is 0 Å². The van der Waals surface area contributed by atoms with E-state index in [1.807, 2.05) is 0 Å². The van der Waals surface area contributed by atoms with Gasteiger partial charge >= 0.3 is 0 Å². The quantitative estimate of drug-likeness (QED) is 0.640. The molecule has 1 saturated heterocycles. The smallest absolute Gasteiger partial charge is 0.0593 e. The lowest BCUT2D eigenvalue weighted by Crippen LogP contribution is -2.33. The van der Waals surface area contributed by atoms with Gasteiger partial charge in [-0.05, 0) is 44.9 Å². The standard InChI is InChI=1S/C13H28N2O/c1-3-14-11-13(2)12-16-10-9-15-7-5-4-6-8-15/h13-14H,3-12H2,1-2H3. The van der Waals surface area contributed by atoms with Gasteiger partial charge in [-0.2, -0.15) is 0 Å². The number of hydrogen-bond donors (Lipinski definition) is 1. The van der Waals surface area contributed by atoms with Crippen molar-refractivity contribution in [3.8, 4) is 0 Å². The summed E-state index contributed by atoms with van der Waals surface area (Å²) in [4.78, 5) is 2.53. The zero-order valence-corrected chi connectivity index (χ0v) is 11.0. The van der Waals surface area contributed by atoms with E-state index < -0.39 is 0 Å². The van der Waals surface area contributed by atoms with E-state index in [1.165, 1.54) is 32.4 Å². The predicted octanol–water partition coefficient (Wildman–Crippen LogP) is 1.73. The Labute approximate surface area is 101 Å². The topological polar surface area (TPSA) is 24.5 Å². The molecule has 0 aliphatic carbocycles. The molecular formula is C13H28N2O. The first kappa shape index (κ1) is 13.9. The molecule has 0 saturated carbocycles. The molecule has 0 aromatic rings. The lowest BCUT2D eigenvalue weighted by atomic mass is 10.1. The summed E-state index contributed by atoms with van der Waals surface area (Å²) in [6.07, 6.45) is 4.16. The van der Waals surface area contributed by atoms with Crippen LogP contribution >= 0.6 is 0 Å². The fourth-order valence-corrected chi connectivity index (χ4v) is 2.11. The van der Waals surface area contributed by atoms with Gasteiger partial charge in [0.15, 0.2) is 0 Å². The van der Waals surface area contributed by atoms with Crippen LogP contribution in [0.2, 0.25) is 0 Å². The molecule has 1 aliphatic rings. The summed E-state index contributed by atoms with van der Waals surface area (Å²) in [7, 11) is 0. The summed E-state index contributed by atoms with van der Waals surface area (Å²) < 4.78 is 5.71. The van der Waals surface area contributed by atoms with Crippen molar-refractivity contribution in [2.45, 2.75) is 33.1 Å². The van der Waals surface area contributed by atoms with E-state index in [0.717, 1.165) is 32.8 Å². The predicted molar refractivity (Wildman–Crippen MR) is 68.8 cm³/mol. The molecule has 96 valence electrons. The van der Waals surface area contributed by atoms with Gasteiger partial charge in [0.05, 0.1) is 13.2 Å². The van der Waals surface area contributed by atoms with Crippen molar-refractivity contribution in [3.63, 3.8) is 0 Å². The molecule has 1 heterocycles. The SMILES string of the molecule is CCNCC(C)COCCN1CCCCC1. The third-order valence-electron chi connectivity index (χ3n) is 3.15. The van der Waals surface area contributed by atoms with Crippen LogP contribution in [0, 0.1) is 5.92 Å². The summed E-state index contributed by atoms with van der Waals surface area (Å²) in [5.41, 5.74) is 0. The Morgan fingerprint density at radius 1 is 1.25 bits per heavy atom. The highest BCUT2D eigenvalue weighted by Crippen LogP contribution is 2.07. The van der Waals surface area contributed by atoms with Gasteiger partial charge in [-0.3, -0.25) is 0 Å². The summed E-state index contributed by atoms with van der Waals surface area (Å²) >= 11 is 0. The zero-order chi connectivity index (χ0) is 11.6. The minimum atomic E-state index is 0.626. The van der Waals surface area contributed by atoms with Gasteiger partial charge in [-0.1, -0.05) is 20.3 Å². The van der Waals surface area contributed by atoms with Crippen molar-refractivity contribution in [1.29, 1.82) is 0 Å². The first-order valence-corrected chi connectivity index (χ1v) is 6.83. The van der Waals surface area contributed by atoms with Gasteiger partial charge in [0.2, 0.25) is 0 Å². The van der Waals surface area contributed by atoms with E-state index in [0.29, 0.717) is 5.92 Å². The third-order valence-corrected chi connectivity index (χ3v) is 3.15. The number of hydrogen-bond acceptors (Lipinski definition) is 3. The average molecular weight is 228 g/mol. The lowest BCUT2D eigenvalue weighted by Gasteiger charge is -2.26. The Bertz CT molecular complexity index is 158. The van der Waals surface area contributed by atoms with Gasteiger partial charge in [0.25, 0.3) is 0 Å². The zero-order valence-electron chi connectivity index (χ0n) is 11.0. The normalized spacial score (nSPS) is 19.9. The number of nitrogens with zero attached hydrogens (tertiary/aromatic N) is 1. The van der Waals surface area contributed by atoms with Crippen molar-refractivity contribution in [1.82, 2.24) is 10.2 Å². The third kappa shape index (κ3) is 6.46. The summed E-state index contributed by atoms with van der Waals surface area (Å²) in [6, 6.07) is 0. The summed E-state index contributed by atoms with van der Waals surface area (Å²) in [6.45, 7) is 12.0. The van der Waals surface area contributed by atoms with Crippen LogP contribution in [-0.4, -0.2) is 50.8 Å². The number of ether oxygens (including phenoxy) is 1. The molecule has 0 bridgehead atoms. The van der Waals surface area contributed by atoms with Crippen LogP contribution in [0.1, 0.15) is 33.1 Å². The molecule has 1 atom stereocenters. The van der Waals surface area contributed by atoms with Gasteiger partial charge in [0, 0.05) is 6.54 Å². The second-order valence-corrected chi connectivity index (χ2v) is 4.89. The first-order chi connectivity index (χ1) is 7.83.